The zero-order chi connectivity index (χ0) is 25.7. The van der Waals surface area contributed by atoms with Crippen molar-refractivity contribution in [1.29, 1.82) is 0 Å². The van der Waals surface area contributed by atoms with Crippen LogP contribution in [0.3, 0.4) is 0 Å². The van der Waals surface area contributed by atoms with Gasteiger partial charge in [0.25, 0.3) is 0 Å². The smallest absolute Gasteiger partial charge is 0.416 e. The fraction of sp³-hybridized carbons (Fsp3) is 0.767. The van der Waals surface area contributed by atoms with E-state index < -0.39 is 23.6 Å². The van der Waals surface area contributed by atoms with E-state index in [1.54, 1.807) is 19.1 Å². The van der Waals surface area contributed by atoms with Crippen LogP contribution >= 0.6 is 0 Å². The number of benzene rings is 1. The highest BCUT2D eigenvalue weighted by atomic mass is 19.4. The molecule has 1 aromatic carbocycles. The maximum atomic E-state index is 13.3. The van der Waals surface area contributed by atoms with Gasteiger partial charge in [-0.1, -0.05) is 64.0 Å². The molecule has 3 saturated carbocycles. The van der Waals surface area contributed by atoms with Gasteiger partial charge in [0.05, 0.1) is 11.5 Å². The standard InChI is InChI=1S/C30H44F3NO2/c1-21(29(35)36)26-13-8-14-27(28(26)24-15-17-25(18-16-24)30(31,32)33)34(19-22-9-4-2-5-10-22)20-23-11-6-3-7-12-23/h15-18,21-23,26-28H,2-14,19-20H2,1H3,(H,35,36). The highest BCUT2D eigenvalue weighted by molar-refractivity contribution is 5.70. The number of carboxylic acid groups (broad SMARTS) is 1. The summed E-state index contributed by atoms with van der Waals surface area (Å²) in [6.07, 6.45) is 11.2. The van der Waals surface area contributed by atoms with Crippen molar-refractivity contribution >= 4 is 5.97 Å². The van der Waals surface area contributed by atoms with Crippen LogP contribution in [0.1, 0.15) is 107 Å². The molecule has 1 aromatic rings. The van der Waals surface area contributed by atoms with Gasteiger partial charge in [-0.15, -0.1) is 0 Å². The maximum Gasteiger partial charge on any atom is 0.416 e. The van der Waals surface area contributed by atoms with Gasteiger partial charge in [0.1, 0.15) is 0 Å². The molecule has 202 valence electrons. The monoisotopic (exact) mass is 507 g/mol. The second kappa shape index (κ2) is 12.3. The average Bonchev–Trinajstić information content (AvgIpc) is 2.88. The second-order valence-corrected chi connectivity index (χ2v) is 11.9. The summed E-state index contributed by atoms with van der Waals surface area (Å²) in [7, 11) is 0. The van der Waals surface area contributed by atoms with Crippen LogP contribution in [-0.2, 0) is 11.0 Å². The van der Waals surface area contributed by atoms with Crippen LogP contribution in [0, 0.1) is 23.7 Å². The number of carbonyl (C=O) groups is 1. The van der Waals surface area contributed by atoms with Gasteiger partial charge in [0.2, 0.25) is 0 Å². The Bertz CT molecular complexity index is 808. The maximum absolute atomic E-state index is 13.3. The number of halogens is 3. The van der Waals surface area contributed by atoms with Crippen molar-refractivity contribution in [2.75, 3.05) is 13.1 Å². The molecule has 4 atom stereocenters. The molecular formula is C30H44F3NO2. The number of aliphatic carboxylic acids is 1. The summed E-state index contributed by atoms with van der Waals surface area (Å²) in [4.78, 5) is 14.8. The molecule has 1 N–H and O–H groups in total. The summed E-state index contributed by atoms with van der Waals surface area (Å²) < 4.78 is 39.9. The largest absolute Gasteiger partial charge is 0.481 e. The Labute approximate surface area is 214 Å². The lowest BCUT2D eigenvalue weighted by Crippen LogP contribution is -2.50. The van der Waals surface area contributed by atoms with E-state index in [2.05, 4.69) is 4.90 Å². The second-order valence-electron chi connectivity index (χ2n) is 11.9. The lowest BCUT2D eigenvalue weighted by Gasteiger charge is -2.48. The molecule has 0 aliphatic heterocycles. The SMILES string of the molecule is CC(C(=O)O)C1CCCC(N(CC2CCCCC2)CC2CCCCC2)C1c1ccc(C(F)(F)F)cc1. The Balaban J connectivity index is 1.66. The lowest BCUT2D eigenvalue weighted by atomic mass is 9.66. The number of rotatable bonds is 8. The van der Waals surface area contributed by atoms with Crippen LogP contribution in [0.2, 0.25) is 0 Å². The van der Waals surface area contributed by atoms with Crippen molar-refractivity contribution in [3.8, 4) is 0 Å². The van der Waals surface area contributed by atoms with E-state index in [1.807, 2.05) is 0 Å². The lowest BCUT2D eigenvalue weighted by molar-refractivity contribution is -0.144. The molecule has 4 unspecified atom stereocenters. The molecule has 6 heteroatoms. The molecule has 0 spiro atoms. The minimum absolute atomic E-state index is 0.0562. The molecule has 0 saturated heterocycles. The topological polar surface area (TPSA) is 40.5 Å². The summed E-state index contributed by atoms with van der Waals surface area (Å²) in [5.74, 6) is -0.103. The fourth-order valence-electron chi connectivity index (χ4n) is 7.47. The predicted molar refractivity (Wildman–Crippen MR) is 137 cm³/mol. The van der Waals surface area contributed by atoms with E-state index in [0.29, 0.717) is 11.8 Å². The first kappa shape index (κ1) is 27.5. The number of hydrogen-bond donors (Lipinski definition) is 1. The minimum Gasteiger partial charge on any atom is -0.481 e. The summed E-state index contributed by atoms with van der Waals surface area (Å²) >= 11 is 0. The molecule has 0 bridgehead atoms. The van der Waals surface area contributed by atoms with E-state index in [1.165, 1.54) is 76.3 Å². The van der Waals surface area contributed by atoms with E-state index in [9.17, 15) is 23.1 Å². The van der Waals surface area contributed by atoms with E-state index in [0.717, 1.165) is 37.9 Å². The van der Waals surface area contributed by atoms with Crippen LogP contribution in [0.4, 0.5) is 13.2 Å². The molecule has 0 radical (unpaired) electrons. The number of carboxylic acids is 1. The first-order chi connectivity index (χ1) is 17.2. The van der Waals surface area contributed by atoms with E-state index in [4.69, 9.17) is 0 Å². The van der Waals surface area contributed by atoms with Crippen LogP contribution < -0.4 is 0 Å². The van der Waals surface area contributed by atoms with Gasteiger partial charge in [0, 0.05) is 25.0 Å². The summed E-state index contributed by atoms with van der Waals surface area (Å²) in [5.41, 5.74) is 0.241. The van der Waals surface area contributed by atoms with E-state index >= 15 is 0 Å². The first-order valence-electron chi connectivity index (χ1n) is 14.4. The number of hydrogen-bond acceptors (Lipinski definition) is 2. The summed E-state index contributed by atoms with van der Waals surface area (Å²) in [6.45, 7) is 3.89. The third kappa shape index (κ3) is 6.85. The Morgan fingerprint density at radius 3 is 1.86 bits per heavy atom. The molecule has 0 amide bonds. The van der Waals surface area contributed by atoms with Crippen molar-refractivity contribution in [3.63, 3.8) is 0 Å². The minimum atomic E-state index is -4.37. The van der Waals surface area contributed by atoms with Gasteiger partial charge in [-0.05, 0) is 74.0 Å². The van der Waals surface area contributed by atoms with Crippen LogP contribution in [0.15, 0.2) is 24.3 Å². The first-order valence-corrected chi connectivity index (χ1v) is 14.4. The predicted octanol–water partition coefficient (Wildman–Crippen LogP) is 8.14. The molecule has 3 fully saturated rings. The van der Waals surface area contributed by atoms with Gasteiger partial charge in [-0.2, -0.15) is 13.2 Å². The zero-order valence-electron chi connectivity index (χ0n) is 21.8. The highest BCUT2D eigenvalue weighted by Crippen LogP contribution is 2.46. The van der Waals surface area contributed by atoms with Crippen molar-refractivity contribution in [2.24, 2.45) is 23.7 Å². The summed E-state index contributed by atoms with van der Waals surface area (Å²) in [5, 5.41) is 9.93. The molecule has 3 aliphatic rings. The van der Waals surface area contributed by atoms with Crippen LogP contribution in [0.25, 0.3) is 0 Å². The van der Waals surface area contributed by atoms with Crippen molar-refractivity contribution in [1.82, 2.24) is 4.90 Å². The fourth-order valence-corrected chi connectivity index (χ4v) is 7.47. The van der Waals surface area contributed by atoms with E-state index in [-0.39, 0.29) is 17.9 Å². The van der Waals surface area contributed by atoms with Crippen molar-refractivity contribution in [2.45, 2.75) is 109 Å². The van der Waals surface area contributed by atoms with Crippen molar-refractivity contribution in [3.05, 3.63) is 35.4 Å². The van der Waals surface area contributed by atoms with Crippen molar-refractivity contribution < 1.29 is 23.1 Å². The molecule has 0 aromatic heterocycles. The van der Waals surface area contributed by atoms with Crippen LogP contribution in [-0.4, -0.2) is 35.1 Å². The molecule has 4 rings (SSSR count). The third-order valence-corrected chi connectivity index (χ3v) is 9.47. The number of alkyl halides is 3. The Kier molecular flexibility index (Phi) is 9.40. The molecule has 3 aliphatic carbocycles. The number of nitrogens with zero attached hydrogens (tertiary/aromatic N) is 1. The van der Waals surface area contributed by atoms with Gasteiger partial charge >= 0.3 is 12.1 Å². The Morgan fingerprint density at radius 1 is 0.861 bits per heavy atom. The quantitative estimate of drug-likeness (QED) is 0.386. The third-order valence-electron chi connectivity index (χ3n) is 9.47. The van der Waals surface area contributed by atoms with Gasteiger partial charge < -0.3 is 5.11 Å². The Morgan fingerprint density at radius 2 is 1.39 bits per heavy atom. The van der Waals surface area contributed by atoms with Crippen LogP contribution in [0.5, 0.6) is 0 Å². The van der Waals surface area contributed by atoms with Gasteiger partial charge in [0.15, 0.2) is 0 Å². The van der Waals surface area contributed by atoms with Gasteiger partial charge in [-0.3, -0.25) is 9.69 Å². The highest BCUT2D eigenvalue weighted by Gasteiger charge is 2.43. The molecule has 36 heavy (non-hydrogen) atoms. The average molecular weight is 508 g/mol. The Hall–Kier alpha value is -1.56. The zero-order valence-corrected chi connectivity index (χ0v) is 21.8. The molecule has 3 nitrogen and oxygen atoms in total. The van der Waals surface area contributed by atoms with Gasteiger partial charge in [-0.25, -0.2) is 0 Å². The molecule has 0 heterocycles. The summed E-state index contributed by atoms with van der Waals surface area (Å²) in [6, 6.07) is 5.83. The molecular weight excluding hydrogens is 463 g/mol. The normalized spacial score (nSPS) is 27.8.